The van der Waals surface area contributed by atoms with Crippen LogP contribution in [0, 0.1) is 5.92 Å². The minimum absolute atomic E-state index is 0.00958. The first-order valence-electron chi connectivity index (χ1n) is 9.79. The second-order valence-corrected chi connectivity index (χ2v) is 7.22. The molecule has 5 nitrogen and oxygen atoms in total. The highest BCUT2D eigenvalue weighted by atomic mass is 16.5. The van der Waals surface area contributed by atoms with E-state index in [4.69, 9.17) is 4.74 Å². The van der Waals surface area contributed by atoms with Gasteiger partial charge >= 0.3 is 0 Å². The van der Waals surface area contributed by atoms with E-state index >= 15 is 0 Å². The van der Waals surface area contributed by atoms with Crippen LogP contribution in [0.15, 0.2) is 54.6 Å². The summed E-state index contributed by atoms with van der Waals surface area (Å²) < 4.78 is 5.19. The number of hydrogen-bond acceptors (Lipinski definition) is 4. The molecule has 0 saturated heterocycles. The Morgan fingerprint density at radius 2 is 1.71 bits per heavy atom. The van der Waals surface area contributed by atoms with E-state index in [1.165, 1.54) is 0 Å². The molecule has 0 bridgehead atoms. The Morgan fingerprint density at radius 1 is 1.11 bits per heavy atom. The standard InChI is InChI=1S/C23H32N2O3/c1-6-21(24-19-12-14-20(28-5)15-13-19)16(2)23(27)25(4)17(3)22(26)18-10-8-7-9-11-18/h7-17,21-22,24,26H,6H2,1-5H3/t16-,17+,21-,22-/m1/s1. The molecular formula is C23H32N2O3. The maximum Gasteiger partial charge on any atom is 0.227 e. The predicted octanol–water partition coefficient (Wildman–Crippen LogP) is 4.10. The van der Waals surface area contributed by atoms with Crippen LogP contribution in [-0.4, -0.2) is 42.2 Å². The molecule has 2 rings (SSSR count). The van der Waals surface area contributed by atoms with E-state index in [-0.39, 0.29) is 23.9 Å². The molecule has 0 aliphatic rings. The molecule has 0 aliphatic carbocycles. The molecule has 0 aromatic heterocycles. The smallest absolute Gasteiger partial charge is 0.227 e. The number of ether oxygens (including phenoxy) is 1. The molecule has 2 aromatic carbocycles. The third-order valence-electron chi connectivity index (χ3n) is 5.43. The molecule has 0 radical (unpaired) electrons. The van der Waals surface area contributed by atoms with Gasteiger partial charge in [0.15, 0.2) is 0 Å². The van der Waals surface area contributed by atoms with Gasteiger partial charge in [0.25, 0.3) is 0 Å². The van der Waals surface area contributed by atoms with Gasteiger partial charge in [0.1, 0.15) is 5.75 Å². The quantitative estimate of drug-likeness (QED) is 0.683. The van der Waals surface area contributed by atoms with E-state index in [0.717, 1.165) is 23.4 Å². The van der Waals surface area contributed by atoms with E-state index in [1.807, 2.05) is 68.4 Å². The van der Waals surface area contributed by atoms with Gasteiger partial charge < -0.3 is 20.1 Å². The Morgan fingerprint density at radius 3 is 2.25 bits per heavy atom. The average Bonchev–Trinajstić information content (AvgIpc) is 2.75. The summed E-state index contributed by atoms with van der Waals surface area (Å²) in [5.74, 6) is 0.573. The third kappa shape index (κ3) is 5.26. The number of carbonyl (C=O) groups excluding carboxylic acids is 1. The summed E-state index contributed by atoms with van der Waals surface area (Å²) in [5.41, 5.74) is 1.76. The summed E-state index contributed by atoms with van der Waals surface area (Å²) in [5, 5.41) is 14.1. The highest BCUT2D eigenvalue weighted by molar-refractivity contribution is 5.80. The van der Waals surface area contributed by atoms with E-state index in [0.29, 0.717) is 0 Å². The Bertz CT molecular complexity index is 733. The van der Waals surface area contributed by atoms with Gasteiger partial charge in [0.2, 0.25) is 5.91 Å². The van der Waals surface area contributed by atoms with E-state index in [1.54, 1.807) is 19.1 Å². The number of benzene rings is 2. The van der Waals surface area contributed by atoms with Crippen LogP contribution in [0.4, 0.5) is 5.69 Å². The van der Waals surface area contributed by atoms with Gasteiger partial charge in [-0.2, -0.15) is 0 Å². The minimum Gasteiger partial charge on any atom is -0.497 e. The van der Waals surface area contributed by atoms with Crippen LogP contribution in [-0.2, 0) is 4.79 Å². The highest BCUT2D eigenvalue weighted by Crippen LogP contribution is 2.24. The zero-order chi connectivity index (χ0) is 20.7. The van der Waals surface area contributed by atoms with E-state index < -0.39 is 6.10 Å². The number of aliphatic hydroxyl groups is 1. The fraction of sp³-hybridized carbons (Fsp3) is 0.435. The van der Waals surface area contributed by atoms with Crippen molar-refractivity contribution in [1.82, 2.24) is 4.90 Å². The number of nitrogens with zero attached hydrogens (tertiary/aromatic N) is 1. The van der Waals surface area contributed by atoms with Crippen molar-refractivity contribution < 1.29 is 14.6 Å². The van der Waals surface area contributed by atoms with Crippen LogP contribution in [0.1, 0.15) is 38.9 Å². The number of hydrogen-bond donors (Lipinski definition) is 2. The normalized spacial score (nSPS) is 15.2. The number of nitrogens with one attached hydrogen (secondary N) is 1. The molecule has 2 aromatic rings. The van der Waals surface area contributed by atoms with Gasteiger partial charge in [0.05, 0.1) is 25.2 Å². The lowest BCUT2D eigenvalue weighted by atomic mass is 9.95. The van der Waals surface area contributed by atoms with Crippen LogP contribution in [0.25, 0.3) is 0 Å². The zero-order valence-corrected chi connectivity index (χ0v) is 17.4. The topological polar surface area (TPSA) is 61.8 Å². The van der Waals surface area contributed by atoms with Crippen molar-refractivity contribution in [2.45, 2.75) is 45.4 Å². The summed E-state index contributed by atoms with van der Waals surface area (Å²) in [6.07, 6.45) is 0.0829. The molecule has 0 fully saturated rings. The summed E-state index contributed by atoms with van der Waals surface area (Å²) in [6, 6.07) is 16.8. The lowest BCUT2D eigenvalue weighted by molar-refractivity contribution is -0.138. The highest BCUT2D eigenvalue weighted by Gasteiger charge is 2.30. The lowest BCUT2D eigenvalue weighted by Crippen LogP contribution is -2.45. The van der Waals surface area contributed by atoms with E-state index in [2.05, 4.69) is 12.2 Å². The number of rotatable bonds is 9. The van der Waals surface area contributed by atoms with Gasteiger partial charge in [-0.25, -0.2) is 0 Å². The lowest BCUT2D eigenvalue weighted by Gasteiger charge is -2.34. The SMILES string of the molecule is CC[C@@H](Nc1ccc(OC)cc1)[C@@H](C)C(=O)N(C)[C@@H](C)[C@@H](O)c1ccccc1. The molecule has 0 aliphatic heterocycles. The van der Waals surface area contributed by atoms with Crippen LogP contribution in [0.2, 0.25) is 0 Å². The van der Waals surface area contributed by atoms with Crippen molar-refractivity contribution >= 4 is 11.6 Å². The molecule has 0 unspecified atom stereocenters. The van der Waals surface area contributed by atoms with Gasteiger partial charge in [0, 0.05) is 18.8 Å². The largest absolute Gasteiger partial charge is 0.497 e. The maximum absolute atomic E-state index is 13.1. The van der Waals surface area contributed by atoms with Gasteiger partial charge in [-0.3, -0.25) is 4.79 Å². The van der Waals surface area contributed by atoms with Crippen molar-refractivity contribution in [2.75, 3.05) is 19.5 Å². The van der Waals surface area contributed by atoms with Gasteiger partial charge in [-0.05, 0) is 43.2 Å². The molecule has 0 saturated carbocycles. The summed E-state index contributed by atoms with van der Waals surface area (Å²) in [7, 11) is 3.40. The van der Waals surface area contributed by atoms with Gasteiger partial charge in [-0.1, -0.05) is 44.2 Å². The molecule has 0 spiro atoms. The summed E-state index contributed by atoms with van der Waals surface area (Å²) >= 11 is 0. The van der Waals surface area contributed by atoms with E-state index in [9.17, 15) is 9.90 Å². The first kappa shape index (κ1) is 21.8. The molecule has 2 N–H and O–H groups in total. The third-order valence-corrected chi connectivity index (χ3v) is 5.43. The Labute approximate surface area is 168 Å². The molecule has 4 atom stereocenters. The second-order valence-electron chi connectivity index (χ2n) is 7.22. The second kappa shape index (κ2) is 10.1. The van der Waals surface area contributed by atoms with Crippen LogP contribution in [0.5, 0.6) is 5.75 Å². The molecule has 5 heteroatoms. The maximum atomic E-state index is 13.1. The summed E-state index contributed by atoms with van der Waals surface area (Å²) in [4.78, 5) is 14.7. The number of methoxy groups -OCH3 is 1. The van der Waals surface area contributed by atoms with Crippen molar-refractivity contribution in [1.29, 1.82) is 0 Å². The average molecular weight is 385 g/mol. The van der Waals surface area contributed by atoms with Crippen LogP contribution >= 0.6 is 0 Å². The summed E-state index contributed by atoms with van der Waals surface area (Å²) in [6.45, 7) is 5.87. The Balaban J connectivity index is 2.04. The number of anilines is 1. The van der Waals surface area contributed by atoms with Crippen molar-refractivity contribution in [2.24, 2.45) is 5.92 Å². The number of amides is 1. The predicted molar refractivity (Wildman–Crippen MR) is 113 cm³/mol. The van der Waals surface area contributed by atoms with Crippen molar-refractivity contribution in [3.63, 3.8) is 0 Å². The van der Waals surface area contributed by atoms with Crippen LogP contribution in [0.3, 0.4) is 0 Å². The first-order valence-corrected chi connectivity index (χ1v) is 9.79. The number of likely N-dealkylation sites (N-methyl/N-ethyl adjacent to an activating group) is 1. The fourth-order valence-corrected chi connectivity index (χ4v) is 3.32. The first-order chi connectivity index (χ1) is 13.4. The van der Waals surface area contributed by atoms with Gasteiger partial charge in [-0.15, -0.1) is 0 Å². The molecule has 28 heavy (non-hydrogen) atoms. The Hall–Kier alpha value is -2.53. The minimum atomic E-state index is -0.725. The molecule has 1 amide bonds. The van der Waals surface area contributed by atoms with Crippen molar-refractivity contribution in [3.05, 3.63) is 60.2 Å². The monoisotopic (exact) mass is 384 g/mol. The number of carbonyl (C=O) groups is 1. The van der Waals surface area contributed by atoms with Crippen molar-refractivity contribution in [3.8, 4) is 5.75 Å². The number of aliphatic hydroxyl groups excluding tert-OH is 1. The zero-order valence-electron chi connectivity index (χ0n) is 17.4. The van der Waals surface area contributed by atoms with Crippen LogP contribution < -0.4 is 10.1 Å². The Kier molecular flexibility index (Phi) is 7.88. The molecular weight excluding hydrogens is 352 g/mol. The molecule has 0 heterocycles. The molecule has 152 valence electrons. The fourth-order valence-electron chi connectivity index (χ4n) is 3.32.